The van der Waals surface area contributed by atoms with Crippen molar-refractivity contribution in [2.45, 2.75) is 46.0 Å². The minimum Gasteiger partial charge on any atom is -0.490 e. The summed E-state index contributed by atoms with van der Waals surface area (Å²) >= 11 is 0. The third-order valence-electron chi connectivity index (χ3n) is 4.63. The monoisotopic (exact) mass is 345 g/mol. The molecule has 0 bridgehead atoms. The van der Waals surface area contributed by atoms with Crippen LogP contribution in [0.4, 0.5) is 0 Å². The summed E-state index contributed by atoms with van der Waals surface area (Å²) in [5.41, 5.74) is 0.643. The summed E-state index contributed by atoms with van der Waals surface area (Å²) in [7, 11) is 0. The molecule has 0 unspecified atom stereocenters. The van der Waals surface area contributed by atoms with E-state index in [4.69, 9.17) is 9.47 Å². The molecule has 4 nitrogen and oxygen atoms in total. The van der Waals surface area contributed by atoms with E-state index >= 15 is 0 Å². The Hall–Kier alpha value is -1.97. The summed E-state index contributed by atoms with van der Waals surface area (Å²) in [6, 6.07) is 5.45. The van der Waals surface area contributed by atoms with E-state index in [-0.39, 0.29) is 5.91 Å². The van der Waals surface area contributed by atoms with Gasteiger partial charge in [0, 0.05) is 18.7 Å². The van der Waals surface area contributed by atoms with E-state index < -0.39 is 0 Å². The largest absolute Gasteiger partial charge is 0.490 e. The molecule has 1 fully saturated rings. The van der Waals surface area contributed by atoms with Crippen molar-refractivity contribution in [2.24, 2.45) is 5.92 Å². The van der Waals surface area contributed by atoms with Crippen LogP contribution in [0.3, 0.4) is 0 Å². The van der Waals surface area contributed by atoms with Gasteiger partial charge in [-0.3, -0.25) is 4.79 Å². The molecule has 0 spiro atoms. The van der Waals surface area contributed by atoms with Gasteiger partial charge in [0.25, 0.3) is 5.91 Å². The van der Waals surface area contributed by atoms with Gasteiger partial charge in [-0.25, -0.2) is 0 Å². The van der Waals surface area contributed by atoms with Crippen LogP contribution in [0.5, 0.6) is 11.5 Å². The highest BCUT2D eigenvalue weighted by Crippen LogP contribution is 2.30. The summed E-state index contributed by atoms with van der Waals surface area (Å²) < 4.78 is 11.2. The molecule has 0 radical (unpaired) electrons. The first-order valence-electron chi connectivity index (χ1n) is 9.49. The lowest BCUT2D eigenvalue weighted by molar-refractivity contribution is 0.0735. The van der Waals surface area contributed by atoms with E-state index in [9.17, 15) is 4.79 Å². The Morgan fingerprint density at radius 3 is 2.48 bits per heavy atom. The predicted molar refractivity (Wildman–Crippen MR) is 101 cm³/mol. The first-order valence-corrected chi connectivity index (χ1v) is 9.49. The molecular formula is C21H31NO3. The Labute approximate surface area is 151 Å². The third kappa shape index (κ3) is 5.52. The lowest BCUT2D eigenvalue weighted by Gasteiger charge is -2.29. The van der Waals surface area contributed by atoms with Crippen molar-refractivity contribution in [3.05, 3.63) is 36.4 Å². The normalized spacial score (nSPS) is 14.8. The van der Waals surface area contributed by atoms with Crippen LogP contribution in [0.2, 0.25) is 0 Å². The topological polar surface area (TPSA) is 38.8 Å². The lowest BCUT2D eigenvalue weighted by Crippen LogP contribution is -2.36. The third-order valence-corrected chi connectivity index (χ3v) is 4.63. The Balaban J connectivity index is 2.16. The molecule has 1 amide bonds. The lowest BCUT2D eigenvalue weighted by atomic mass is 9.89. The fraction of sp³-hybridized carbons (Fsp3) is 0.571. The van der Waals surface area contributed by atoms with Crippen LogP contribution in [0.1, 0.15) is 56.3 Å². The van der Waals surface area contributed by atoms with Gasteiger partial charge >= 0.3 is 0 Å². The number of amides is 1. The van der Waals surface area contributed by atoms with E-state index in [2.05, 4.69) is 6.58 Å². The molecular weight excluding hydrogens is 314 g/mol. The van der Waals surface area contributed by atoms with E-state index in [1.54, 1.807) is 12.1 Å². The minimum atomic E-state index is 0.0366. The molecule has 0 aliphatic heterocycles. The van der Waals surface area contributed by atoms with E-state index in [1.807, 2.05) is 30.9 Å². The second kappa shape index (κ2) is 10.1. The first kappa shape index (κ1) is 19.4. The Bertz CT molecular complexity index is 564. The molecule has 1 aliphatic rings. The van der Waals surface area contributed by atoms with Gasteiger partial charge in [0.2, 0.25) is 0 Å². The van der Waals surface area contributed by atoms with Crippen LogP contribution in [0, 0.1) is 5.92 Å². The predicted octanol–water partition coefficient (Wildman–Crippen LogP) is 4.69. The average Bonchev–Trinajstić information content (AvgIpc) is 2.63. The van der Waals surface area contributed by atoms with E-state index in [0.29, 0.717) is 42.7 Å². The van der Waals surface area contributed by atoms with Gasteiger partial charge in [0.05, 0.1) is 13.2 Å². The van der Waals surface area contributed by atoms with Crippen LogP contribution in [-0.2, 0) is 0 Å². The Morgan fingerprint density at radius 2 is 1.84 bits per heavy atom. The highest BCUT2D eigenvalue weighted by Gasteiger charge is 2.22. The summed E-state index contributed by atoms with van der Waals surface area (Å²) in [4.78, 5) is 14.9. The SMILES string of the molecule is C=CCN(CC1CCCCC1)C(=O)c1ccc(OCC)c(OCC)c1. The number of carbonyl (C=O) groups is 1. The molecule has 1 aliphatic carbocycles. The van der Waals surface area contributed by atoms with Crippen molar-refractivity contribution in [2.75, 3.05) is 26.3 Å². The summed E-state index contributed by atoms with van der Waals surface area (Å²) in [5, 5.41) is 0. The Kier molecular flexibility index (Phi) is 7.83. The molecule has 2 rings (SSSR count). The smallest absolute Gasteiger partial charge is 0.254 e. The van der Waals surface area contributed by atoms with Gasteiger partial charge in [-0.05, 0) is 50.8 Å². The summed E-state index contributed by atoms with van der Waals surface area (Å²) in [6.07, 6.45) is 8.11. The second-order valence-corrected chi connectivity index (χ2v) is 6.53. The number of benzene rings is 1. The molecule has 138 valence electrons. The van der Waals surface area contributed by atoms with Gasteiger partial charge in [0.15, 0.2) is 11.5 Å². The number of rotatable bonds is 9. The molecule has 0 atom stereocenters. The first-order chi connectivity index (χ1) is 12.2. The maximum absolute atomic E-state index is 13.0. The van der Waals surface area contributed by atoms with Gasteiger partial charge in [-0.1, -0.05) is 25.3 Å². The Morgan fingerprint density at radius 1 is 1.16 bits per heavy atom. The van der Waals surface area contributed by atoms with Gasteiger partial charge in [0.1, 0.15) is 0 Å². The van der Waals surface area contributed by atoms with Crippen molar-refractivity contribution >= 4 is 5.91 Å². The minimum absolute atomic E-state index is 0.0366. The van der Waals surface area contributed by atoms with Crippen LogP contribution in [0.25, 0.3) is 0 Å². The van der Waals surface area contributed by atoms with Crippen LogP contribution >= 0.6 is 0 Å². The molecule has 0 aromatic heterocycles. The maximum Gasteiger partial charge on any atom is 0.254 e. The van der Waals surface area contributed by atoms with Crippen LogP contribution < -0.4 is 9.47 Å². The highest BCUT2D eigenvalue weighted by molar-refractivity contribution is 5.95. The zero-order valence-electron chi connectivity index (χ0n) is 15.6. The fourth-order valence-corrected chi connectivity index (χ4v) is 3.44. The van der Waals surface area contributed by atoms with Crippen molar-refractivity contribution in [3.63, 3.8) is 0 Å². The van der Waals surface area contributed by atoms with Crippen molar-refractivity contribution < 1.29 is 14.3 Å². The molecule has 1 aromatic carbocycles. The highest BCUT2D eigenvalue weighted by atomic mass is 16.5. The summed E-state index contributed by atoms with van der Waals surface area (Å²) in [5.74, 6) is 1.95. The molecule has 4 heteroatoms. The molecule has 25 heavy (non-hydrogen) atoms. The van der Waals surface area contributed by atoms with Gasteiger partial charge in [-0.2, -0.15) is 0 Å². The number of ether oxygens (including phenoxy) is 2. The van der Waals surface area contributed by atoms with Gasteiger partial charge < -0.3 is 14.4 Å². The van der Waals surface area contributed by atoms with E-state index in [0.717, 1.165) is 6.54 Å². The number of hydrogen-bond donors (Lipinski definition) is 0. The van der Waals surface area contributed by atoms with Crippen molar-refractivity contribution in [1.82, 2.24) is 4.90 Å². The van der Waals surface area contributed by atoms with Crippen molar-refractivity contribution in [1.29, 1.82) is 0 Å². The number of carbonyl (C=O) groups excluding carboxylic acids is 1. The number of nitrogens with zero attached hydrogens (tertiary/aromatic N) is 1. The molecule has 0 N–H and O–H groups in total. The quantitative estimate of drug-likeness (QED) is 0.609. The molecule has 1 saturated carbocycles. The van der Waals surface area contributed by atoms with Crippen LogP contribution in [-0.4, -0.2) is 37.1 Å². The zero-order chi connectivity index (χ0) is 18.1. The molecule has 1 aromatic rings. The van der Waals surface area contributed by atoms with E-state index in [1.165, 1.54) is 32.1 Å². The second-order valence-electron chi connectivity index (χ2n) is 6.53. The average molecular weight is 345 g/mol. The maximum atomic E-state index is 13.0. The van der Waals surface area contributed by atoms with Gasteiger partial charge in [-0.15, -0.1) is 6.58 Å². The summed E-state index contributed by atoms with van der Waals surface area (Å²) in [6.45, 7) is 10.2. The fourth-order valence-electron chi connectivity index (χ4n) is 3.44. The standard InChI is InChI=1S/C21H31NO3/c1-4-14-22(16-17-10-8-7-9-11-17)21(23)18-12-13-19(24-5-2)20(15-18)25-6-3/h4,12-13,15,17H,1,5-11,14,16H2,2-3H3. The van der Waals surface area contributed by atoms with Crippen LogP contribution in [0.15, 0.2) is 30.9 Å². The molecule has 0 heterocycles. The zero-order valence-corrected chi connectivity index (χ0v) is 15.6. The number of hydrogen-bond acceptors (Lipinski definition) is 3. The molecule has 0 saturated heterocycles. The van der Waals surface area contributed by atoms with Crippen molar-refractivity contribution in [3.8, 4) is 11.5 Å².